The molecule has 0 aliphatic carbocycles. The van der Waals surface area contributed by atoms with Gasteiger partial charge in [-0.2, -0.15) is 4.98 Å². The van der Waals surface area contributed by atoms with E-state index in [-0.39, 0.29) is 0 Å². The summed E-state index contributed by atoms with van der Waals surface area (Å²) in [5, 5.41) is 7.74. The van der Waals surface area contributed by atoms with Gasteiger partial charge < -0.3 is 19.7 Å². The third-order valence-corrected chi connectivity index (χ3v) is 4.50. The van der Waals surface area contributed by atoms with Crippen LogP contribution in [0.1, 0.15) is 19.3 Å². The van der Waals surface area contributed by atoms with E-state index in [4.69, 9.17) is 9.47 Å². The molecule has 1 saturated heterocycles. The van der Waals surface area contributed by atoms with Gasteiger partial charge in [0, 0.05) is 49.4 Å². The summed E-state index contributed by atoms with van der Waals surface area (Å²) < 4.78 is 12.4. The Morgan fingerprint density at radius 1 is 1.00 bits per heavy atom. The molecule has 8 nitrogen and oxygen atoms in total. The summed E-state index contributed by atoms with van der Waals surface area (Å²) in [7, 11) is 3.25. The van der Waals surface area contributed by atoms with E-state index in [1.165, 1.54) is 19.3 Å². The van der Waals surface area contributed by atoms with Gasteiger partial charge in [0.25, 0.3) is 0 Å². The van der Waals surface area contributed by atoms with Crippen molar-refractivity contribution in [1.29, 1.82) is 0 Å². The molecule has 136 valence electrons. The molecule has 0 unspecified atom stereocenters. The first kappa shape index (κ1) is 16.4. The van der Waals surface area contributed by atoms with E-state index in [9.17, 15) is 0 Å². The highest BCUT2D eigenvalue weighted by atomic mass is 16.5. The molecule has 0 amide bonds. The molecule has 26 heavy (non-hydrogen) atoms. The van der Waals surface area contributed by atoms with Crippen molar-refractivity contribution in [3.63, 3.8) is 0 Å². The zero-order chi connectivity index (χ0) is 17.9. The molecule has 0 radical (unpaired) electrons. The standard InChI is InChI=1S/C18H22N6O2/c1-25-14-10-13(11-15(12-14)26-2)20-18-21-17-16(19-6-9-24(17)22-18)23-7-4-3-5-8-23/h6,9-12H,3-5,7-8H2,1-2H3,(H,20,22). The Hall–Kier alpha value is -3.03. The number of methoxy groups -OCH3 is 2. The van der Waals surface area contributed by atoms with Crippen molar-refractivity contribution in [2.75, 3.05) is 37.5 Å². The summed E-state index contributed by atoms with van der Waals surface area (Å²) in [4.78, 5) is 11.5. The lowest BCUT2D eigenvalue weighted by Crippen LogP contribution is -2.30. The quantitative estimate of drug-likeness (QED) is 0.755. The molecule has 1 N–H and O–H groups in total. The average molecular weight is 354 g/mol. The number of nitrogens with one attached hydrogen (secondary N) is 1. The summed E-state index contributed by atoms with van der Waals surface area (Å²) in [6.07, 6.45) is 7.23. The first-order valence-corrected chi connectivity index (χ1v) is 8.73. The van der Waals surface area contributed by atoms with Crippen LogP contribution in [0.4, 0.5) is 17.5 Å². The summed E-state index contributed by atoms with van der Waals surface area (Å²) in [6.45, 7) is 2.02. The molecule has 1 aliphatic heterocycles. The Morgan fingerprint density at radius 2 is 1.73 bits per heavy atom. The van der Waals surface area contributed by atoms with Gasteiger partial charge in [0.15, 0.2) is 11.5 Å². The molecule has 0 spiro atoms. The van der Waals surface area contributed by atoms with Gasteiger partial charge in [-0.05, 0) is 19.3 Å². The first-order valence-electron chi connectivity index (χ1n) is 8.73. The molecular weight excluding hydrogens is 332 g/mol. The number of ether oxygens (including phenoxy) is 2. The second-order valence-corrected chi connectivity index (χ2v) is 6.23. The molecule has 1 aromatic carbocycles. The highest BCUT2D eigenvalue weighted by Gasteiger charge is 2.18. The third kappa shape index (κ3) is 3.22. The van der Waals surface area contributed by atoms with E-state index >= 15 is 0 Å². The Balaban J connectivity index is 1.66. The highest BCUT2D eigenvalue weighted by molar-refractivity contribution is 5.67. The predicted molar refractivity (Wildman–Crippen MR) is 99.7 cm³/mol. The van der Waals surface area contributed by atoms with Crippen molar-refractivity contribution in [2.24, 2.45) is 0 Å². The maximum Gasteiger partial charge on any atom is 0.247 e. The number of hydrogen-bond donors (Lipinski definition) is 1. The third-order valence-electron chi connectivity index (χ3n) is 4.50. The van der Waals surface area contributed by atoms with Gasteiger partial charge in [0.05, 0.1) is 14.2 Å². The molecular formula is C18H22N6O2. The van der Waals surface area contributed by atoms with Gasteiger partial charge >= 0.3 is 0 Å². The predicted octanol–water partition coefficient (Wildman–Crippen LogP) is 2.88. The largest absolute Gasteiger partial charge is 0.497 e. The van der Waals surface area contributed by atoms with Crippen molar-refractivity contribution >= 4 is 23.1 Å². The number of fused-ring (bicyclic) bond motifs is 1. The van der Waals surface area contributed by atoms with Gasteiger partial charge in [-0.15, -0.1) is 5.10 Å². The van der Waals surface area contributed by atoms with Crippen LogP contribution < -0.4 is 19.7 Å². The Kier molecular flexibility index (Phi) is 4.47. The highest BCUT2D eigenvalue weighted by Crippen LogP contribution is 2.28. The SMILES string of the molecule is COc1cc(Nc2nc3c(N4CCCCC4)nccn3n2)cc(OC)c1. The van der Waals surface area contributed by atoms with Crippen LogP contribution in [0.5, 0.6) is 11.5 Å². The molecule has 1 fully saturated rings. The van der Waals surface area contributed by atoms with Crippen LogP contribution in [0.15, 0.2) is 30.6 Å². The lowest BCUT2D eigenvalue weighted by atomic mass is 10.1. The number of rotatable bonds is 5. The number of hydrogen-bond acceptors (Lipinski definition) is 7. The van der Waals surface area contributed by atoms with Gasteiger partial charge in [-0.3, -0.25) is 0 Å². The van der Waals surface area contributed by atoms with Crippen LogP contribution in [0.25, 0.3) is 5.65 Å². The maximum atomic E-state index is 5.31. The van der Waals surface area contributed by atoms with Crippen LogP contribution in [0.3, 0.4) is 0 Å². The number of aromatic nitrogens is 4. The second kappa shape index (κ2) is 7.07. The van der Waals surface area contributed by atoms with E-state index in [0.29, 0.717) is 17.4 Å². The molecule has 2 aromatic heterocycles. The van der Waals surface area contributed by atoms with E-state index in [0.717, 1.165) is 30.2 Å². The van der Waals surface area contributed by atoms with Crippen molar-refractivity contribution < 1.29 is 9.47 Å². The van der Waals surface area contributed by atoms with Crippen molar-refractivity contribution in [3.05, 3.63) is 30.6 Å². The van der Waals surface area contributed by atoms with Crippen LogP contribution in [-0.4, -0.2) is 46.9 Å². The molecule has 0 atom stereocenters. The zero-order valence-corrected chi connectivity index (χ0v) is 15.0. The van der Waals surface area contributed by atoms with E-state index in [1.807, 2.05) is 24.4 Å². The second-order valence-electron chi connectivity index (χ2n) is 6.23. The van der Waals surface area contributed by atoms with Crippen LogP contribution in [-0.2, 0) is 0 Å². The van der Waals surface area contributed by atoms with Crippen LogP contribution >= 0.6 is 0 Å². The Morgan fingerprint density at radius 3 is 2.42 bits per heavy atom. The smallest absolute Gasteiger partial charge is 0.247 e. The Labute approximate surface area is 151 Å². The van der Waals surface area contributed by atoms with Crippen molar-refractivity contribution in [1.82, 2.24) is 19.6 Å². The van der Waals surface area contributed by atoms with Gasteiger partial charge in [-0.1, -0.05) is 0 Å². The van der Waals surface area contributed by atoms with Gasteiger partial charge in [0.1, 0.15) is 11.5 Å². The number of benzene rings is 1. The molecule has 0 bridgehead atoms. The minimum atomic E-state index is 0.506. The van der Waals surface area contributed by atoms with Gasteiger partial charge in [-0.25, -0.2) is 9.50 Å². The van der Waals surface area contributed by atoms with E-state index in [2.05, 4.69) is 25.3 Å². The average Bonchev–Trinajstić information content (AvgIpc) is 3.10. The van der Waals surface area contributed by atoms with Crippen molar-refractivity contribution in [3.8, 4) is 11.5 Å². The maximum absolute atomic E-state index is 5.31. The molecule has 1 aliphatic rings. The normalized spacial score (nSPS) is 14.5. The lowest BCUT2D eigenvalue weighted by molar-refractivity contribution is 0.395. The fraction of sp³-hybridized carbons (Fsp3) is 0.389. The summed E-state index contributed by atoms with van der Waals surface area (Å²) in [5.74, 6) is 2.79. The fourth-order valence-corrected chi connectivity index (χ4v) is 3.19. The lowest BCUT2D eigenvalue weighted by Gasteiger charge is -2.27. The molecule has 3 heterocycles. The summed E-state index contributed by atoms with van der Waals surface area (Å²) in [5.41, 5.74) is 1.55. The molecule has 3 aromatic rings. The summed E-state index contributed by atoms with van der Waals surface area (Å²) >= 11 is 0. The minimum Gasteiger partial charge on any atom is -0.497 e. The van der Waals surface area contributed by atoms with E-state index < -0.39 is 0 Å². The number of piperidine rings is 1. The Bertz CT molecular complexity index is 882. The zero-order valence-electron chi connectivity index (χ0n) is 15.0. The molecule has 4 rings (SSSR count). The van der Waals surface area contributed by atoms with Crippen LogP contribution in [0.2, 0.25) is 0 Å². The topological polar surface area (TPSA) is 76.8 Å². The first-order chi connectivity index (χ1) is 12.8. The minimum absolute atomic E-state index is 0.506. The monoisotopic (exact) mass is 354 g/mol. The van der Waals surface area contributed by atoms with Crippen molar-refractivity contribution in [2.45, 2.75) is 19.3 Å². The summed E-state index contributed by atoms with van der Waals surface area (Å²) in [6, 6.07) is 5.57. The number of anilines is 3. The van der Waals surface area contributed by atoms with Crippen LogP contribution in [0, 0.1) is 0 Å². The molecule has 0 saturated carbocycles. The fourth-order valence-electron chi connectivity index (χ4n) is 3.19. The molecule has 8 heteroatoms. The van der Waals surface area contributed by atoms with Gasteiger partial charge in [0.2, 0.25) is 5.95 Å². The van der Waals surface area contributed by atoms with E-state index in [1.54, 1.807) is 24.9 Å². The number of nitrogens with zero attached hydrogens (tertiary/aromatic N) is 5.